The first-order valence-electron chi connectivity index (χ1n) is 9.01. The van der Waals surface area contributed by atoms with Crippen molar-refractivity contribution in [2.24, 2.45) is 16.7 Å². The van der Waals surface area contributed by atoms with Crippen LogP contribution >= 0.6 is 0 Å². The topological polar surface area (TPSA) is 60.9 Å². The van der Waals surface area contributed by atoms with Gasteiger partial charge in [-0.2, -0.15) is 17.0 Å². The highest BCUT2D eigenvalue weighted by atomic mass is 32.2. The van der Waals surface area contributed by atoms with Crippen molar-refractivity contribution in [1.29, 1.82) is 0 Å². The summed E-state index contributed by atoms with van der Waals surface area (Å²) in [5.74, 6) is 0.595. The van der Waals surface area contributed by atoms with Crippen LogP contribution in [0.4, 0.5) is 0 Å². The smallest absolute Gasteiger partial charge is 0.281 e. The Hall–Kier alpha value is -0.170. The van der Waals surface area contributed by atoms with Crippen molar-refractivity contribution in [3.63, 3.8) is 0 Å². The van der Waals surface area contributed by atoms with Gasteiger partial charge in [0.1, 0.15) is 0 Å². The molecule has 2 aliphatic rings. The average Bonchev–Trinajstić information content (AvgIpc) is 2.54. The van der Waals surface area contributed by atoms with Crippen molar-refractivity contribution in [3.05, 3.63) is 0 Å². The molecule has 2 fully saturated rings. The number of nitrogens with zero attached hydrogens (tertiary/aromatic N) is 2. The van der Waals surface area contributed by atoms with Crippen LogP contribution in [0.5, 0.6) is 0 Å². The predicted molar refractivity (Wildman–Crippen MR) is 93.3 cm³/mol. The van der Waals surface area contributed by atoms with E-state index in [-0.39, 0.29) is 17.4 Å². The van der Waals surface area contributed by atoms with Crippen molar-refractivity contribution >= 4 is 10.2 Å². The van der Waals surface area contributed by atoms with E-state index >= 15 is 0 Å². The van der Waals surface area contributed by atoms with Gasteiger partial charge in [-0.15, -0.1) is 0 Å². The van der Waals surface area contributed by atoms with Gasteiger partial charge >= 0.3 is 0 Å². The molecule has 0 unspecified atom stereocenters. The zero-order chi connectivity index (χ0) is 17.3. The van der Waals surface area contributed by atoms with Crippen LogP contribution in [0.25, 0.3) is 0 Å². The second-order valence-electron chi connectivity index (χ2n) is 8.46. The Labute approximate surface area is 142 Å². The third-order valence-electron chi connectivity index (χ3n) is 6.20. The molecule has 5 nitrogen and oxygen atoms in total. The molecule has 0 aliphatic carbocycles. The molecular formula is C17H34N2O3S. The Morgan fingerprint density at radius 3 is 1.91 bits per heavy atom. The molecule has 136 valence electrons. The highest BCUT2D eigenvalue weighted by molar-refractivity contribution is 7.86. The molecule has 0 spiro atoms. The largest absolute Gasteiger partial charge is 0.396 e. The Morgan fingerprint density at radius 2 is 1.52 bits per heavy atom. The number of aliphatic hydroxyl groups excluding tert-OH is 1. The maximum atomic E-state index is 12.9. The fraction of sp³-hybridized carbons (Fsp3) is 1.00. The molecule has 0 aromatic heterocycles. The summed E-state index contributed by atoms with van der Waals surface area (Å²) >= 11 is 0. The average molecular weight is 347 g/mol. The molecule has 0 bridgehead atoms. The number of aliphatic hydroxyl groups is 1. The molecule has 1 N–H and O–H groups in total. The normalized spacial score (nSPS) is 25.6. The summed E-state index contributed by atoms with van der Waals surface area (Å²) in [6.07, 6.45) is 4.34. The van der Waals surface area contributed by atoms with Crippen LogP contribution in [0.1, 0.15) is 59.8 Å². The van der Waals surface area contributed by atoms with Crippen LogP contribution in [-0.4, -0.2) is 54.9 Å². The molecule has 0 aromatic carbocycles. The lowest BCUT2D eigenvalue weighted by atomic mass is 9.76. The first-order valence-corrected chi connectivity index (χ1v) is 10.4. The minimum absolute atomic E-state index is 0.0781. The second-order valence-corrected chi connectivity index (χ2v) is 10.4. The Bertz CT molecular complexity index is 476. The van der Waals surface area contributed by atoms with Gasteiger partial charge in [-0.05, 0) is 48.9 Å². The first-order chi connectivity index (χ1) is 10.6. The molecule has 0 aromatic rings. The van der Waals surface area contributed by atoms with Gasteiger partial charge in [0.2, 0.25) is 0 Å². The Balaban J connectivity index is 1.96. The quantitative estimate of drug-likeness (QED) is 0.851. The highest BCUT2D eigenvalue weighted by Gasteiger charge is 2.40. The van der Waals surface area contributed by atoms with Gasteiger partial charge in [-0.3, -0.25) is 0 Å². The molecular weight excluding hydrogens is 312 g/mol. The van der Waals surface area contributed by atoms with E-state index < -0.39 is 10.2 Å². The van der Waals surface area contributed by atoms with Gasteiger partial charge < -0.3 is 5.11 Å². The van der Waals surface area contributed by atoms with E-state index in [0.717, 1.165) is 32.1 Å². The number of rotatable bonds is 4. The summed E-state index contributed by atoms with van der Waals surface area (Å²) in [6, 6.07) is 0. The van der Waals surface area contributed by atoms with Gasteiger partial charge in [0.25, 0.3) is 10.2 Å². The summed E-state index contributed by atoms with van der Waals surface area (Å²) in [5.41, 5.74) is 0.175. The monoisotopic (exact) mass is 346 g/mol. The van der Waals surface area contributed by atoms with Crippen molar-refractivity contribution < 1.29 is 13.5 Å². The van der Waals surface area contributed by atoms with Crippen molar-refractivity contribution in [2.45, 2.75) is 59.8 Å². The number of hydrogen-bond donors (Lipinski definition) is 1. The van der Waals surface area contributed by atoms with Crippen molar-refractivity contribution in [1.82, 2.24) is 8.61 Å². The van der Waals surface area contributed by atoms with E-state index in [1.54, 1.807) is 8.61 Å². The maximum Gasteiger partial charge on any atom is 0.281 e. The Kier molecular flexibility index (Phi) is 5.82. The fourth-order valence-electron chi connectivity index (χ4n) is 3.93. The van der Waals surface area contributed by atoms with Gasteiger partial charge in [0.05, 0.1) is 0 Å². The van der Waals surface area contributed by atoms with Crippen molar-refractivity contribution in [2.75, 3.05) is 32.8 Å². The zero-order valence-electron chi connectivity index (χ0n) is 15.2. The number of piperidine rings is 2. The molecule has 0 atom stereocenters. The fourth-order valence-corrected chi connectivity index (χ4v) is 5.57. The third kappa shape index (κ3) is 4.09. The van der Waals surface area contributed by atoms with Crippen LogP contribution in [0, 0.1) is 16.7 Å². The summed E-state index contributed by atoms with van der Waals surface area (Å²) < 4.78 is 29.1. The van der Waals surface area contributed by atoms with Crippen LogP contribution in [0.15, 0.2) is 0 Å². The van der Waals surface area contributed by atoms with E-state index in [1.165, 1.54) is 0 Å². The van der Waals surface area contributed by atoms with Gasteiger partial charge in [0.15, 0.2) is 0 Å². The summed E-state index contributed by atoms with van der Waals surface area (Å²) in [4.78, 5) is 0. The molecule has 2 saturated heterocycles. The van der Waals surface area contributed by atoms with Gasteiger partial charge in [-0.25, -0.2) is 0 Å². The molecule has 2 aliphatic heterocycles. The lowest BCUT2D eigenvalue weighted by molar-refractivity contribution is 0.0618. The Morgan fingerprint density at radius 1 is 1.04 bits per heavy atom. The lowest BCUT2D eigenvalue weighted by Gasteiger charge is -2.43. The third-order valence-corrected chi connectivity index (χ3v) is 8.24. The second kappa shape index (κ2) is 6.98. The molecule has 2 heterocycles. The minimum atomic E-state index is -3.34. The van der Waals surface area contributed by atoms with E-state index in [2.05, 4.69) is 27.7 Å². The molecule has 0 saturated carbocycles. The van der Waals surface area contributed by atoms with Crippen LogP contribution in [0.2, 0.25) is 0 Å². The molecule has 23 heavy (non-hydrogen) atoms. The van der Waals surface area contributed by atoms with Gasteiger partial charge in [-0.1, -0.05) is 27.7 Å². The first kappa shape index (κ1) is 19.2. The van der Waals surface area contributed by atoms with E-state index in [9.17, 15) is 13.5 Å². The maximum absolute atomic E-state index is 12.9. The summed E-state index contributed by atoms with van der Waals surface area (Å²) in [6.45, 7) is 11.3. The van der Waals surface area contributed by atoms with Crippen molar-refractivity contribution in [3.8, 4) is 0 Å². The molecule has 0 amide bonds. The standard InChI is InChI=1S/C17H34N2O3S/c1-5-17(14-20)8-12-19(13-9-17)23(21,22)18-10-6-15(7-11-18)16(2,3)4/h15,20H,5-14H2,1-4H3. The van der Waals surface area contributed by atoms with Crippen LogP contribution in [-0.2, 0) is 10.2 Å². The SMILES string of the molecule is CCC1(CO)CCN(S(=O)(=O)N2CCC(C(C)(C)C)CC2)CC1. The van der Waals surface area contributed by atoms with E-state index in [4.69, 9.17) is 0 Å². The van der Waals surface area contributed by atoms with Crippen LogP contribution < -0.4 is 0 Å². The van der Waals surface area contributed by atoms with E-state index in [0.29, 0.717) is 32.1 Å². The predicted octanol–water partition coefficient (Wildman–Crippen LogP) is 2.47. The summed E-state index contributed by atoms with van der Waals surface area (Å²) in [5, 5.41) is 9.61. The van der Waals surface area contributed by atoms with Gasteiger partial charge in [0, 0.05) is 32.8 Å². The van der Waals surface area contributed by atoms with E-state index in [1.807, 2.05) is 0 Å². The minimum Gasteiger partial charge on any atom is -0.396 e. The zero-order valence-corrected chi connectivity index (χ0v) is 16.0. The molecule has 6 heteroatoms. The highest BCUT2D eigenvalue weighted by Crippen LogP contribution is 2.38. The number of hydrogen-bond acceptors (Lipinski definition) is 3. The molecule has 2 rings (SSSR count). The lowest BCUT2D eigenvalue weighted by Crippen LogP contribution is -2.52. The van der Waals surface area contributed by atoms with Crippen LogP contribution in [0.3, 0.4) is 0 Å². The molecule has 0 radical (unpaired) electrons. The summed E-state index contributed by atoms with van der Waals surface area (Å²) in [7, 11) is -3.34.